The molecular weight excluding hydrogens is 286 g/mol. The Kier molecular flexibility index (Phi) is 3.67. The number of benzene rings is 1. The molecule has 3 rings (SSSR count). The van der Waals surface area contributed by atoms with Crippen LogP contribution in [0.3, 0.4) is 0 Å². The molecule has 1 fully saturated rings. The first-order valence-corrected chi connectivity index (χ1v) is 8.83. The van der Waals surface area contributed by atoms with Gasteiger partial charge in [-0.25, -0.2) is 8.42 Å². The highest BCUT2D eigenvalue weighted by Gasteiger charge is 2.31. The zero-order valence-electron chi connectivity index (χ0n) is 12.2. The van der Waals surface area contributed by atoms with Gasteiger partial charge in [0, 0.05) is 35.9 Å². The zero-order valence-corrected chi connectivity index (χ0v) is 13.0. The van der Waals surface area contributed by atoms with Gasteiger partial charge in [0.15, 0.2) is 0 Å². The maximum Gasteiger partial charge on any atom is 0.245 e. The minimum Gasteiger partial charge on any atom is -0.399 e. The molecule has 2 aromatic rings. The molecule has 3 N–H and O–H groups in total. The second kappa shape index (κ2) is 5.35. The van der Waals surface area contributed by atoms with Crippen molar-refractivity contribution in [3.05, 3.63) is 24.4 Å². The van der Waals surface area contributed by atoms with E-state index in [0.29, 0.717) is 35.0 Å². The van der Waals surface area contributed by atoms with E-state index in [2.05, 4.69) is 11.9 Å². The molecule has 1 atom stereocenters. The number of nitrogens with one attached hydrogen (secondary N) is 1. The van der Waals surface area contributed by atoms with Crippen LogP contribution in [0.15, 0.2) is 29.3 Å². The maximum absolute atomic E-state index is 12.9. The third-order valence-corrected chi connectivity index (χ3v) is 6.25. The van der Waals surface area contributed by atoms with E-state index in [9.17, 15) is 8.42 Å². The molecule has 21 heavy (non-hydrogen) atoms. The van der Waals surface area contributed by atoms with Crippen LogP contribution in [0.2, 0.25) is 0 Å². The van der Waals surface area contributed by atoms with Gasteiger partial charge >= 0.3 is 0 Å². The molecule has 1 unspecified atom stereocenters. The van der Waals surface area contributed by atoms with Gasteiger partial charge in [-0.3, -0.25) is 0 Å². The number of nitrogens with zero attached hydrogens (tertiary/aromatic N) is 1. The average Bonchev–Trinajstić information content (AvgIpc) is 2.91. The number of fused-ring (bicyclic) bond motifs is 1. The number of nitrogen functional groups attached to an aromatic ring is 1. The summed E-state index contributed by atoms with van der Waals surface area (Å²) in [6, 6.07) is 5.27. The Morgan fingerprint density at radius 1 is 1.43 bits per heavy atom. The topological polar surface area (TPSA) is 79.2 Å². The summed E-state index contributed by atoms with van der Waals surface area (Å²) in [6.07, 6.45) is 4.66. The lowest BCUT2D eigenvalue weighted by Crippen LogP contribution is -2.39. The van der Waals surface area contributed by atoms with E-state index in [0.717, 1.165) is 24.8 Å². The molecule has 0 spiro atoms. The molecular formula is C15H21N3O2S. The molecule has 1 saturated heterocycles. The van der Waals surface area contributed by atoms with E-state index in [4.69, 9.17) is 5.73 Å². The van der Waals surface area contributed by atoms with Crippen LogP contribution in [0.5, 0.6) is 0 Å². The fourth-order valence-electron chi connectivity index (χ4n) is 3.05. The summed E-state index contributed by atoms with van der Waals surface area (Å²) in [6.45, 7) is 3.36. The summed E-state index contributed by atoms with van der Waals surface area (Å²) in [4.78, 5) is 3.37. The van der Waals surface area contributed by atoms with Gasteiger partial charge in [0.05, 0.1) is 0 Å². The Balaban J connectivity index is 2.00. The highest BCUT2D eigenvalue weighted by atomic mass is 32.2. The Morgan fingerprint density at radius 2 is 2.24 bits per heavy atom. The SMILES string of the molecule is CCC1CCCN(S(=O)(=O)c2c[nH]c3cc(N)ccc23)C1. The lowest BCUT2D eigenvalue weighted by atomic mass is 9.97. The van der Waals surface area contributed by atoms with E-state index in [1.807, 2.05) is 0 Å². The summed E-state index contributed by atoms with van der Waals surface area (Å²) in [5, 5.41) is 0.711. The highest BCUT2D eigenvalue weighted by molar-refractivity contribution is 7.89. The van der Waals surface area contributed by atoms with Crippen molar-refractivity contribution in [1.29, 1.82) is 0 Å². The molecule has 0 amide bonds. The number of aromatic amines is 1. The number of sulfonamides is 1. The summed E-state index contributed by atoms with van der Waals surface area (Å²) in [5.74, 6) is 0.467. The van der Waals surface area contributed by atoms with Gasteiger partial charge in [0.2, 0.25) is 10.0 Å². The number of hydrogen-bond donors (Lipinski definition) is 2. The van der Waals surface area contributed by atoms with Crippen molar-refractivity contribution in [3.8, 4) is 0 Å². The summed E-state index contributed by atoms with van der Waals surface area (Å²) in [5.41, 5.74) is 7.13. The van der Waals surface area contributed by atoms with Crippen molar-refractivity contribution in [2.24, 2.45) is 5.92 Å². The van der Waals surface area contributed by atoms with Crippen molar-refractivity contribution < 1.29 is 8.42 Å². The maximum atomic E-state index is 12.9. The van der Waals surface area contributed by atoms with Crippen molar-refractivity contribution in [2.45, 2.75) is 31.1 Å². The van der Waals surface area contributed by atoms with E-state index in [1.165, 1.54) is 0 Å². The first kappa shape index (κ1) is 14.4. The lowest BCUT2D eigenvalue weighted by Gasteiger charge is -2.31. The standard InChI is InChI=1S/C15H21N3O2S/c1-2-11-4-3-7-18(10-11)21(19,20)15-9-17-14-8-12(16)5-6-13(14)15/h5-6,8-9,11,17H,2-4,7,10,16H2,1H3. The van der Waals surface area contributed by atoms with Crippen molar-refractivity contribution in [3.63, 3.8) is 0 Å². The highest BCUT2D eigenvalue weighted by Crippen LogP contribution is 2.30. The molecule has 6 heteroatoms. The Bertz CT molecular complexity index is 751. The minimum atomic E-state index is -3.44. The Labute approximate surface area is 125 Å². The van der Waals surface area contributed by atoms with E-state index < -0.39 is 10.0 Å². The monoisotopic (exact) mass is 307 g/mol. The summed E-state index contributed by atoms with van der Waals surface area (Å²) in [7, 11) is -3.44. The van der Waals surface area contributed by atoms with Crippen LogP contribution in [0.1, 0.15) is 26.2 Å². The van der Waals surface area contributed by atoms with Gasteiger partial charge in [-0.15, -0.1) is 0 Å². The first-order valence-electron chi connectivity index (χ1n) is 7.39. The molecule has 0 aliphatic carbocycles. The van der Waals surface area contributed by atoms with Crippen LogP contribution in [0, 0.1) is 5.92 Å². The van der Waals surface area contributed by atoms with Gasteiger partial charge in [0.1, 0.15) is 4.90 Å². The molecule has 0 saturated carbocycles. The van der Waals surface area contributed by atoms with Crippen molar-refractivity contribution in [2.75, 3.05) is 18.8 Å². The van der Waals surface area contributed by atoms with Crippen molar-refractivity contribution in [1.82, 2.24) is 9.29 Å². The molecule has 1 aromatic carbocycles. The largest absolute Gasteiger partial charge is 0.399 e. The number of anilines is 1. The molecule has 114 valence electrons. The van der Waals surface area contributed by atoms with Gasteiger partial charge in [-0.05, 0) is 37.0 Å². The molecule has 1 aliphatic rings. The molecule has 1 aromatic heterocycles. The van der Waals surface area contributed by atoms with E-state index in [-0.39, 0.29) is 0 Å². The van der Waals surface area contributed by atoms with Gasteiger partial charge in [-0.2, -0.15) is 4.31 Å². The van der Waals surface area contributed by atoms with E-state index >= 15 is 0 Å². The number of hydrogen-bond acceptors (Lipinski definition) is 3. The normalized spacial score (nSPS) is 20.9. The predicted octanol–water partition coefficient (Wildman–Crippen LogP) is 2.56. The average molecular weight is 307 g/mol. The quantitative estimate of drug-likeness (QED) is 0.855. The van der Waals surface area contributed by atoms with Crippen LogP contribution in [-0.4, -0.2) is 30.8 Å². The fourth-order valence-corrected chi connectivity index (χ4v) is 4.77. The molecule has 5 nitrogen and oxygen atoms in total. The molecule has 2 heterocycles. The minimum absolute atomic E-state index is 0.356. The van der Waals surface area contributed by atoms with Crippen LogP contribution >= 0.6 is 0 Å². The number of aromatic nitrogens is 1. The third kappa shape index (κ3) is 2.53. The van der Waals surface area contributed by atoms with Crippen LogP contribution in [0.4, 0.5) is 5.69 Å². The fraction of sp³-hybridized carbons (Fsp3) is 0.467. The Morgan fingerprint density at radius 3 is 3.00 bits per heavy atom. The van der Waals surface area contributed by atoms with Gasteiger partial charge in [0.25, 0.3) is 0 Å². The number of H-pyrrole nitrogens is 1. The second-order valence-electron chi connectivity index (χ2n) is 5.74. The first-order chi connectivity index (χ1) is 10.0. The third-order valence-electron chi connectivity index (χ3n) is 4.34. The number of rotatable bonds is 3. The molecule has 0 bridgehead atoms. The predicted molar refractivity (Wildman–Crippen MR) is 84.5 cm³/mol. The van der Waals surface area contributed by atoms with Gasteiger partial charge < -0.3 is 10.7 Å². The zero-order chi connectivity index (χ0) is 15.0. The van der Waals surface area contributed by atoms with Crippen LogP contribution < -0.4 is 5.73 Å². The van der Waals surface area contributed by atoms with Crippen LogP contribution in [0.25, 0.3) is 10.9 Å². The van der Waals surface area contributed by atoms with Gasteiger partial charge in [-0.1, -0.05) is 13.3 Å². The lowest BCUT2D eigenvalue weighted by molar-refractivity contribution is 0.261. The summed E-state index contributed by atoms with van der Waals surface area (Å²) < 4.78 is 27.4. The van der Waals surface area contributed by atoms with E-state index in [1.54, 1.807) is 28.7 Å². The second-order valence-corrected chi connectivity index (χ2v) is 7.64. The Hall–Kier alpha value is -1.53. The number of piperidine rings is 1. The smallest absolute Gasteiger partial charge is 0.245 e. The van der Waals surface area contributed by atoms with Crippen molar-refractivity contribution >= 4 is 26.6 Å². The van der Waals surface area contributed by atoms with Crippen LogP contribution in [-0.2, 0) is 10.0 Å². The molecule has 1 aliphatic heterocycles. The number of nitrogens with two attached hydrogens (primary N) is 1. The molecule has 0 radical (unpaired) electrons. The summed E-state index contributed by atoms with van der Waals surface area (Å²) >= 11 is 0.